The molecule has 0 aliphatic rings. The average molecular weight is 395 g/mol. The van der Waals surface area contributed by atoms with E-state index in [2.05, 4.69) is 15.5 Å². The van der Waals surface area contributed by atoms with Crippen LogP contribution in [0.15, 0.2) is 48.5 Å². The maximum Gasteiger partial charge on any atom is 0.263 e. The van der Waals surface area contributed by atoms with Gasteiger partial charge in [0.05, 0.1) is 14.2 Å². The van der Waals surface area contributed by atoms with Gasteiger partial charge in [-0.3, -0.25) is 9.89 Å². The molecule has 7 heteroatoms. The van der Waals surface area contributed by atoms with Crippen LogP contribution in [0.5, 0.6) is 17.2 Å². The first-order valence-corrected chi connectivity index (χ1v) is 9.31. The molecule has 0 fully saturated rings. The van der Waals surface area contributed by atoms with Gasteiger partial charge in [-0.25, -0.2) is 0 Å². The summed E-state index contributed by atoms with van der Waals surface area (Å²) in [4.78, 5) is 12.1. The third-order valence-electron chi connectivity index (χ3n) is 4.35. The van der Waals surface area contributed by atoms with Crippen LogP contribution in [-0.2, 0) is 17.6 Å². The Morgan fingerprint density at radius 2 is 1.76 bits per heavy atom. The van der Waals surface area contributed by atoms with Crippen molar-refractivity contribution in [2.75, 3.05) is 26.1 Å². The fraction of sp³-hybridized carbons (Fsp3) is 0.273. The zero-order valence-corrected chi connectivity index (χ0v) is 16.8. The number of amides is 1. The molecular formula is C22H25N3O4. The van der Waals surface area contributed by atoms with Crippen molar-refractivity contribution in [2.45, 2.75) is 19.8 Å². The second-order valence-corrected chi connectivity index (χ2v) is 6.65. The SMILES string of the molecule is COc1cc(CCc2cc(NC(=O)COc3cccc(C)c3)n[nH]2)cc(OC)c1. The third kappa shape index (κ3) is 6.00. The number of hydrogen-bond donors (Lipinski definition) is 2. The number of hydrogen-bond acceptors (Lipinski definition) is 5. The van der Waals surface area contributed by atoms with E-state index in [1.165, 1.54) is 0 Å². The van der Waals surface area contributed by atoms with Crippen LogP contribution in [0.2, 0.25) is 0 Å². The number of anilines is 1. The molecule has 152 valence electrons. The van der Waals surface area contributed by atoms with Gasteiger partial charge in [0, 0.05) is 17.8 Å². The fourth-order valence-electron chi connectivity index (χ4n) is 2.88. The van der Waals surface area contributed by atoms with Crippen molar-refractivity contribution < 1.29 is 19.0 Å². The quantitative estimate of drug-likeness (QED) is 0.579. The predicted octanol–water partition coefficient (Wildman–Crippen LogP) is 3.54. The smallest absolute Gasteiger partial charge is 0.263 e. The van der Waals surface area contributed by atoms with Gasteiger partial charge in [0.25, 0.3) is 5.91 Å². The Bertz CT molecular complexity index is 946. The van der Waals surface area contributed by atoms with Crippen molar-refractivity contribution in [2.24, 2.45) is 0 Å². The largest absolute Gasteiger partial charge is 0.497 e. The second-order valence-electron chi connectivity index (χ2n) is 6.65. The molecule has 3 rings (SSSR count). The molecule has 0 saturated heterocycles. The Morgan fingerprint density at radius 3 is 2.45 bits per heavy atom. The molecule has 0 bridgehead atoms. The Balaban J connectivity index is 1.51. The lowest BCUT2D eigenvalue weighted by atomic mass is 10.1. The van der Waals surface area contributed by atoms with Crippen molar-refractivity contribution in [1.29, 1.82) is 0 Å². The number of nitrogens with one attached hydrogen (secondary N) is 2. The zero-order valence-electron chi connectivity index (χ0n) is 16.8. The van der Waals surface area contributed by atoms with Crippen molar-refractivity contribution in [3.8, 4) is 17.2 Å². The number of H-pyrrole nitrogens is 1. The van der Waals surface area contributed by atoms with Crippen molar-refractivity contribution in [3.05, 3.63) is 65.4 Å². The molecule has 0 radical (unpaired) electrons. The lowest BCUT2D eigenvalue weighted by Gasteiger charge is -2.08. The minimum Gasteiger partial charge on any atom is -0.497 e. The number of methoxy groups -OCH3 is 2. The van der Waals surface area contributed by atoms with E-state index in [9.17, 15) is 4.79 Å². The van der Waals surface area contributed by atoms with Crippen LogP contribution in [-0.4, -0.2) is 36.9 Å². The highest BCUT2D eigenvalue weighted by atomic mass is 16.5. The molecule has 1 amide bonds. The number of nitrogens with zero attached hydrogens (tertiary/aromatic N) is 1. The van der Waals surface area contributed by atoms with Crippen LogP contribution in [0, 0.1) is 6.92 Å². The Hall–Kier alpha value is -3.48. The summed E-state index contributed by atoms with van der Waals surface area (Å²) in [5, 5.41) is 9.83. The Labute approximate surface area is 170 Å². The number of aromatic nitrogens is 2. The number of benzene rings is 2. The van der Waals surface area contributed by atoms with Crippen LogP contribution in [0.25, 0.3) is 0 Å². The van der Waals surface area contributed by atoms with Gasteiger partial charge in [-0.15, -0.1) is 0 Å². The van der Waals surface area contributed by atoms with Crippen molar-refractivity contribution in [3.63, 3.8) is 0 Å². The van der Waals surface area contributed by atoms with Gasteiger partial charge in [-0.2, -0.15) is 5.10 Å². The lowest BCUT2D eigenvalue weighted by Crippen LogP contribution is -2.20. The maximum absolute atomic E-state index is 12.1. The van der Waals surface area contributed by atoms with Gasteiger partial charge >= 0.3 is 0 Å². The van der Waals surface area contributed by atoms with Crippen LogP contribution in [0.1, 0.15) is 16.8 Å². The normalized spacial score (nSPS) is 10.4. The van der Waals surface area contributed by atoms with E-state index in [1.807, 2.05) is 55.5 Å². The van der Waals surface area contributed by atoms with Crippen LogP contribution in [0.4, 0.5) is 5.82 Å². The first kappa shape index (κ1) is 20.3. The second kappa shape index (κ2) is 9.64. The van der Waals surface area contributed by atoms with Gasteiger partial charge < -0.3 is 19.5 Å². The van der Waals surface area contributed by atoms with E-state index in [-0.39, 0.29) is 12.5 Å². The third-order valence-corrected chi connectivity index (χ3v) is 4.35. The molecule has 0 spiro atoms. The van der Waals surface area contributed by atoms with E-state index >= 15 is 0 Å². The summed E-state index contributed by atoms with van der Waals surface area (Å²) in [6.45, 7) is 1.90. The summed E-state index contributed by atoms with van der Waals surface area (Å²) >= 11 is 0. The zero-order chi connectivity index (χ0) is 20.6. The summed E-state index contributed by atoms with van der Waals surface area (Å²) in [6, 6.07) is 15.2. The summed E-state index contributed by atoms with van der Waals surface area (Å²) in [5.41, 5.74) is 3.09. The molecular weight excluding hydrogens is 370 g/mol. The highest BCUT2D eigenvalue weighted by Gasteiger charge is 2.08. The monoisotopic (exact) mass is 395 g/mol. The molecule has 0 aliphatic carbocycles. The van der Waals surface area contributed by atoms with Gasteiger partial charge in [-0.1, -0.05) is 12.1 Å². The summed E-state index contributed by atoms with van der Waals surface area (Å²) in [7, 11) is 3.26. The highest BCUT2D eigenvalue weighted by molar-refractivity contribution is 5.90. The number of rotatable bonds is 9. The molecule has 3 aromatic rings. The molecule has 1 aromatic heterocycles. The molecule has 2 N–H and O–H groups in total. The number of aromatic amines is 1. The van der Waals surface area contributed by atoms with E-state index in [4.69, 9.17) is 14.2 Å². The number of ether oxygens (including phenoxy) is 3. The topological polar surface area (TPSA) is 85.5 Å². The van der Waals surface area contributed by atoms with Gasteiger partial charge in [0.1, 0.15) is 17.2 Å². The Morgan fingerprint density at radius 1 is 1.00 bits per heavy atom. The highest BCUT2D eigenvalue weighted by Crippen LogP contribution is 2.23. The number of carbonyl (C=O) groups excluding carboxylic acids is 1. The van der Waals surface area contributed by atoms with E-state index < -0.39 is 0 Å². The maximum atomic E-state index is 12.1. The first-order chi connectivity index (χ1) is 14.1. The van der Waals surface area contributed by atoms with Gasteiger partial charge in [-0.05, 0) is 55.2 Å². The van der Waals surface area contributed by atoms with Gasteiger partial charge in [0.15, 0.2) is 12.4 Å². The van der Waals surface area contributed by atoms with Crippen LogP contribution < -0.4 is 19.5 Å². The summed E-state index contributed by atoms with van der Waals surface area (Å²) < 4.78 is 16.1. The summed E-state index contributed by atoms with van der Waals surface area (Å²) in [6.07, 6.45) is 1.51. The van der Waals surface area contributed by atoms with Crippen molar-refractivity contribution in [1.82, 2.24) is 10.2 Å². The predicted molar refractivity (Wildman–Crippen MR) is 111 cm³/mol. The van der Waals surface area contributed by atoms with Gasteiger partial charge in [0.2, 0.25) is 0 Å². The first-order valence-electron chi connectivity index (χ1n) is 9.31. The molecule has 0 aliphatic heterocycles. The molecule has 0 unspecified atom stereocenters. The standard InChI is InChI=1S/C22H25N3O4/c1-15-5-4-6-18(9-15)29-14-22(26)23-21-12-17(24-25-21)8-7-16-10-19(27-2)13-20(11-16)28-3/h4-6,9-13H,7-8,14H2,1-3H3,(H2,23,24,25,26). The molecule has 0 saturated carbocycles. The molecule has 1 heterocycles. The van der Waals surface area contributed by atoms with E-state index in [0.717, 1.165) is 41.2 Å². The minimum absolute atomic E-state index is 0.0742. The average Bonchev–Trinajstić information content (AvgIpc) is 3.17. The van der Waals surface area contributed by atoms with E-state index in [0.29, 0.717) is 11.6 Å². The molecule has 7 nitrogen and oxygen atoms in total. The molecule has 29 heavy (non-hydrogen) atoms. The number of aryl methyl sites for hydroxylation is 3. The number of carbonyl (C=O) groups is 1. The summed E-state index contributed by atoms with van der Waals surface area (Å²) in [5.74, 6) is 2.38. The van der Waals surface area contributed by atoms with Crippen LogP contribution >= 0.6 is 0 Å². The molecule has 0 atom stereocenters. The molecule has 2 aromatic carbocycles. The minimum atomic E-state index is -0.262. The lowest BCUT2D eigenvalue weighted by molar-refractivity contribution is -0.118. The van der Waals surface area contributed by atoms with E-state index in [1.54, 1.807) is 14.2 Å². The fourth-order valence-corrected chi connectivity index (χ4v) is 2.88. The van der Waals surface area contributed by atoms with Crippen molar-refractivity contribution >= 4 is 11.7 Å². The van der Waals surface area contributed by atoms with Crippen LogP contribution in [0.3, 0.4) is 0 Å². The Kier molecular flexibility index (Phi) is 6.73.